The Morgan fingerprint density at radius 3 is 2.58 bits per heavy atom. The predicted molar refractivity (Wildman–Crippen MR) is 83.5 cm³/mol. The molecule has 2 aliphatic rings. The monoisotopic (exact) mass is 266 g/mol. The maximum Gasteiger partial charge on any atom is 0.00503 e. The molecule has 2 rings (SSSR count). The molecule has 2 nitrogen and oxygen atoms in total. The van der Waals surface area contributed by atoms with Gasteiger partial charge in [-0.3, -0.25) is 0 Å². The highest BCUT2D eigenvalue weighted by Crippen LogP contribution is 2.37. The van der Waals surface area contributed by atoms with E-state index in [4.69, 9.17) is 0 Å². The molecule has 0 amide bonds. The van der Waals surface area contributed by atoms with Crippen molar-refractivity contribution in [1.82, 2.24) is 10.2 Å². The molecule has 0 spiro atoms. The van der Waals surface area contributed by atoms with Crippen LogP contribution < -0.4 is 5.32 Å². The molecular formula is C17H34N2. The summed E-state index contributed by atoms with van der Waals surface area (Å²) >= 11 is 0. The molecule has 1 saturated carbocycles. The Bertz CT molecular complexity index is 246. The van der Waals surface area contributed by atoms with Gasteiger partial charge >= 0.3 is 0 Å². The van der Waals surface area contributed by atoms with Gasteiger partial charge in [0, 0.05) is 19.6 Å². The van der Waals surface area contributed by atoms with Gasteiger partial charge in [0.05, 0.1) is 0 Å². The fourth-order valence-electron chi connectivity index (χ4n) is 4.09. The summed E-state index contributed by atoms with van der Waals surface area (Å²) in [5.74, 6) is 0.976. The van der Waals surface area contributed by atoms with E-state index in [1.807, 2.05) is 0 Å². The molecular weight excluding hydrogens is 232 g/mol. The minimum atomic E-state index is 0.593. The van der Waals surface area contributed by atoms with Crippen molar-refractivity contribution in [3.05, 3.63) is 0 Å². The summed E-state index contributed by atoms with van der Waals surface area (Å²) < 4.78 is 0. The molecule has 0 radical (unpaired) electrons. The zero-order valence-corrected chi connectivity index (χ0v) is 13.2. The highest BCUT2D eigenvalue weighted by atomic mass is 15.2. The molecule has 1 heterocycles. The molecule has 1 atom stereocenters. The van der Waals surface area contributed by atoms with Crippen LogP contribution in [0.2, 0.25) is 0 Å². The number of nitrogens with zero attached hydrogens (tertiary/aromatic N) is 1. The lowest BCUT2D eigenvalue weighted by Crippen LogP contribution is -2.45. The summed E-state index contributed by atoms with van der Waals surface area (Å²) in [6, 6.07) is 0. The first kappa shape index (κ1) is 15.3. The third kappa shape index (κ3) is 4.46. The van der Waals surface area contributed by atoms with Gasteiger partial charge in [-0.25, -0.2) is 0 Å². The topological polar surface area (TPSA) is 15.3 Å². The summed E-state index contributed by atoms with van der Waals surface area (Å²) in [7, 11) is 0. The molecule has 0 aromatic carbocycles. The second kappa shape index (κ2) is 7.64. The summed E-state index contributed by atoms with van der Waals surface area (Å²) in [4.78, 5) is 2.77. The third-order valence-corrected chi connectivity index (χ3v) is 5.35. The van der Waals surface area contributed by atoms with Gasteiger partial charge in [-0.05, 0) is 50.1 Å². The first-order valence-electron chi connectivity index (χ1n) is 8.71. The van der Waals surface area contributed by atoms with E-state index in [-0.39, 0.29) is 0 Å². The third-order valence-electron chi connectivity index (χ3n) is 5.35. The van der Waals surface area contributed by atoms with Crippen LogP contribution in [-0.4, -0.2) is 37.6 Å². The lowest BCUT2D eigenvalue weighted by atomic mass is 9.73. The normalized spacial score (nSPS) is 27.8. The van der Waals surface area contributed by atoms with E-state index in [0.717, 1.165) is 5.92 Å². The second-order valence-electron chi connectivity index (χ2n) is 7.04. The van der Waals surface area contributed by atoms with Crippen LogP contribution in [0.15, 0.2) is 0 Å². The molecule has 1 aliphatic carbocycles. The molecule has 0 aromatic rings. The van der Waals surface area contributed by atoms with Gasteiger partial charge < -0.3 is 10.2 Å². The Hall–Kier alpha value is -0.0800. The van der Waals surface area contributed by atoms with Crippen LogP contribution in [0.3, 0.4) is 0 Å². The second-order valence-corrected chi connectivity index (χ2v) is 7.04. The lowest BCUT2D eigenvalue weighted by Gasteiger charge is -2.40. The zero-order chi connectivity index (χ0) is 13.6. The molecule has 1 saturated heterocycles. The van der Waals surface area contributed by atoms with Crippen LogP contribution in [0, 0.1) is 11.3 Å². The van der Waals surface area contributed by atoms with E-state index in [1.54, 1.807) is 0 Å². The highest BCUT2D eigenvalue weighted by molar-refractivity contribution is 4.90. The molecule has 1 aliphatic heterocycles. The van der Waals surface area contributed by atoms with E-state index < -0.39 is 0 Å². The molecule has 19 heavy (non-hydrogen) atoms. The van der Waals surface area contributed by atoms with Gasteiger partial charge in [-0.1, -0.05) is 39.5 Å². The van der Waals surface area contributed by atoms with E-state index in [1.165, 1.54) is 84.1 Å². The van der Waals surface area contributed by atoms with Gasteiger partial charge in [0.15, 0.2) is 0 Å². The Labute approximate surface area is 120 Å². The van der Waals surface area contributed by atoms with Crippen molar-refractivity contribution in [2.45, 2.75) is 65.2 Å². The number of hydrogen-bond acceptors (Lipinski definition) is 2. The standard InChI is InChI=1S/C17H34N2/c1-3-11-18-14-17(9-6-5-7-10-17)15-19-12-8-16(4-2)13-19/h16,18H,3-15H2,1-2H3. The molecule has 0 aromatic heterocycles. The molecule has 112 valence electrons. The number of nitrogens with one attached hydrogen (secondary N) is 1. The van der Waals surface area contributed by atoms with Gasteiger partial charge in [0.2, 0.25) is 0 Å². The lowest BCUT2D eigenvalue weighted by molar-refractivity contribution is 0.114. The van der Waals surface area contributed by atoms with Crippen LogP contribution in [-0.2, 0) is 0 Å². The maximum atomic E-state index is 3.72. The van der Waals surface area contributed by atoms with Crippen LogP contribution in [0.5, 0.6) is 0 Å². The van der Waals surface area contributed by atoms with Gasteiger partial charge in [0.25, 0.3) is 0 Å². The summed E-state index contributed by atoms with van der Waals surface area (Å²) in [5.41, 5.74) is 0.593. The van der Waals surface area contributed by atoms with Crippen LogP contribution in [0.25, 0.3) is 0 Å². The number of rotatable bonds is 7. The summed E-state index contributed by atoms with van der Waals surface area (Å²) in [5, 5.41) is 3.72. The van der Waals surface area contributed by atoms with Crippen molar-refractivity contribution >= 4 is 0 Å². The van der Waals surface area contributed by atoms with Crippen molar-refractivity contribution in [3.63, 3.8) is 0 Å². The largest absolute Gasteiger partial charge is 0.316 e. The number of hydrogen-bond donors (Lipinski definition) is 1. The average molecular weight is 266 g/mol. The zero-order valence-electron chi connectivity index (χ0n) is 13.2. The van der Waals surface area contributed by atoms with Gasteiger partial charge in [0.1, 0.15) is 0 Å². The van der Waals surface area contributed by atoms with Crippen molar-refractivity contribution < 1.29 is 0 Å². The van der Waals surface area contributed by atoms with Crippen molar-refractivity contribution in [3.8, 4) is 0 Å². The van der Waals surface area contributed by atoms with E-state index in [9.17, 15) is 0 Å². The molecule has 2 fully saturated rings. The first-order valence-corrected chi connectivity index (χ1v) is 8.71. The minimum absolute atomic E-state index is 0.593. The Morgan fingerprint density at radius 1 is 1.16 bits per heavy atom. The average Bonchev–Trinajstić information content (AvgIpc) is 2.87. The fourth-order valence-corrected chi connectivity index (χ4v) is 4.09. The first-order chi connectivity index (χ1) is 9.28. The van der Waals surface area contributed by atoms with E-state index in [0.29, 0.717) is 5.41 Å². The van der Waals surface area contributed by atoms with Crippen molar-refractivity contribution in [2.75, 3.05) is 32.7 Å². The van der Waals surface area contributed by atoms with Crippen LogP contribution in [0.4, 0.5) is 0 Å². The molecule has 1 unspecified atom stereocenters. The highest BCUT2D eigenvalue weighted by Gasteiger charge is 2.35. The van der Waals surface area contributed by atoms with Crippen LogP contribution >= 0.6 is 0 Å². The summed E-state index contributed by atoms with van der Waals surface area (Å²) in [6.45, 7) is 11.2. The quantitative estimate of drug-likeness (QED) is 0.707. The van der Waals surface area contributed by atoms with E-state index in [2.05, 4.69) is 24.1 Å². The molecule has 1 N–H and O–H groups in total. The van der Waals surface area contributed by atoms with Crippen LogP contribution in [0.1, 0.15) is 65.2 Å². The van der Waals surface area contributed by atoms with Crippen molar-refractivity contribution in [1.29, 1.82) is 0 Å². The Kier molecular flexibility index (Phi) is 6.15. The van der Waals surface area contributed by atoms with Gasteiger partial charge in [-0.2, -0.15) is 0 Å². The Balaban J connectivity index is 1.86. The van der Waals surface area contributed by atoms with Crippen molar-refractivity contribution in [2.24, 2.45) is 11.3 Å². The maximum absolute atomic E-state index is 3.72. The van der Waals surface area contributed by atoms with Gasteiger partial charge in [-0.15, -0.1) is 0 Å². The fraction of sp³-hybridized carbons (Fsp3) is 1.00. The van der Waals surface area contributed by atoms with E-state index >= 15 is 0 Å². The predicted octanol–water partition coefficient (Wildman–Crippen LogP) is 3.67. The number of likely N-dealkylation sites (tertiary alicyclic amines) is 1. The Morgan fingerprint density at radius 2 is 1.95 bits per heavy atom. The molecule has 2 heteroatoms. The minimum Gasteiger partial charge on any atom is -0.316 e. The summed E-state index contributed by atoms with van der Waals surface area (Å²) in [6.07, 6.45) is 11.4. The SMILES string of the molecule is CCCNCC1(CN2CCC(CC)C2)CCCCC1. The smallest absolute Gasteiger partial charge is 0.00503 e. The molecule has 0 bridgehead atoms.